The molecule has 0 unspecified atom stereocenters. The first-order chi connectivity index (χ1) is 11.5. The summed E-state index contributed by atoms with van der Waals surface area (Å²) < 4.78 is 10.8. The average molecular weight is 370 g/mol. The lowest BCUT2D eigenvalue weighted by molar-refractivity contribution is 0.240. The van der Waals surface area contributed by atoms with Gasteiger partial charge in [0.05, 0.1) is 25.3 Å². The first kappa shape index (κ1) is 18.4. The van der Waals surface area contributed by atoms with E-state index in [0.29, 0.717) is 36.2 Å². The molecule has 0 bridgehead atoms. The molecular weight excluding hydrogens is 350 g/mol. The number of thiazole rings is 1. The van der Waals surface area contributed by atoms with Gasteiger partial charge >= 0.3 is 6.03 Å². The molecule has 1 aromatic carbocycles. The fourth-order valence-electron chi connectivity index (χ4n) is 2.04. The third-order valence-electron chi connectivity index (χ3n) is 3.10. The van der Waals surface area contributed by atoms with E-state index in [9.17, 15) is 4.79 Å². The van der Waals surface area contributed by atoms with Crippen molar-refractivity contribution < 1.29 is 14.3 Å². The number of rotatable bonds is 7. The number of carbonyl (C=O) groups excluding carboxylic acids is 1. The maximum absolute atomic E-state index is 11.9. The van der Waals surface area contributed by atoms with E-state index in [1.807, 2.05) is 19.2 Å². The molecular formula is C16H20ClN3O3S. The predicted octanol–water partition coefficient (Wildman–Crippen LogP) is 3.51. The van der Waals surface area contributed by atoms with Gasteiger partial charge in [0.2, 0.25) is 0 Å². The molecule has 0 saturated carbocycles. The summed E-state index contributed by atoms with van der Waals surface area (Å²) in [4.78, 5) is 16.2. The summed E-state index contributed by atoms with van der Waals surface area (Å²) in [5.41, 5.74) is 1.77. The van der Waals surface area contributed by atoms with Crippen LogP contribution < -0.4 is 20.1 Å². The molecule has 0 aliphatic rings. The van der Waals surface area contributed by atoms with E-state index in [0.717, 1.165) is 16.3 Å². The zero-order valence-corrected chi connectivity index (χ0v) is 15.4. The van der Waals surface area contributed by atoms with Crippen molar-refractivity contribution in [3.63, 3.8) is 0 Å². The Morgan fingerprint density at radius 1 is 1.33 bits per heavy atom. The highest BCUT2D eigenvalue weighted by atomic mass is 35.5. The Hall–Kier alpha value is -1.99. The second-order valence-corrected chi connectivity index (χ2v) is 6.31. The molecule has 2 amide bonds. The highest BCUT2D eigenvalue weighted by molar-refractivity contribution is 7.09. The van der Waals surface area contributed by atoms with Crippen LogP contribution in [0.1, 0.15) is 23.2 Å². The number of aryl methyl sites for hydroxylation is 1. The van der Waals surface area contributed by atoms with Crippen molar-refractivity contribution in [2.24, 2.45) is 0 Å². The second-order valence-electron chi connectivity index (χ2n) is 4.96. The van der Waals surface area contributed by atoms with E-state index >= 15 is 0 Å². The first-order valence-corrected chi connectivity index (χ1v) is 8.71. The zero-order valence-electron chi connectivity index (χ0n) is 13.8. The Morgan fingerprint density at radius 2 is 2.08 bits per heavy atom. The highest BCUT2D eigenvalue weighted by Gasteiger charge is 2.12. The van der Waals surface area contributed by atoms with Crippen LogP contribution in [0.2, 0.25) is 5.02 Å². The quantitative estimate of drug-likeness (QED) is 0.783. The molecule has 0 aliphatic carbocycles. The normalized spacial score (nSPS) is 10.3. The zero-order chi connectivity index (χ0) is 17.5. The number of benzene rings is 1. The van der Waals surface area contributed by atoms with Crippen LogP contribution >= 0.6 is 22.9 Å². The Labute approximate surface area is 150 Å². The number of methoxy groups -OCH3 is 1. The molecule has 24 heavy (non-hydrogen) atoms. The van der Waals surface area contributed by atoms with E-state index in [4.69, 9.17) is 21.1 Å². The largest absolute Gasteiger partial charge is 0.493 e. The van der Waals surface area contributed by atoms with Crippen molar-refractivity contribution in [3.8, 4) is 11.5 Å². The molecule has 0 aliphatic heterocycles. The van der Waals surface area contributed by atoms with Crippen molar-refractivity contribution in [1.82, 2.24) is 15.6 Å². The van der Waals surface area contributed by atoms with Gasteiger partial charge in [0.15, 0.2) is 11.5 Å². The lowest BCUT2D eigenvalue weighted by Gasteiger charge is -2.13. The number of amides is 2. The van der Waals surface area contributed by atoms with Crippen molar-refractivity contribution in [2.75, 3.05) is 13.7 Å². The number of ether oxygens (including phenoxy) is 2. The summed E-state index contributed by atoms with van der Waals surface area (Å²) in [6, 6.07) is 3.27. The van der Waals surface area contributed by atoms with Crippen LogP contribution in [0.25, 0.3) is 0 Å². The Kier molecular flexibility index (Phi) is 6.69. The number of hydrogen-bond donors (Lipinski definition) is 2. The molecule has 1 heterocycles. The Balaban J connectivity index is 1.91. The van der Waals surface area contributed by atoms with E-state index in [2.05, 4.69) is 15.6 Å². The Bertz CT molecular complexity index is 706. The molecule has 6 nitrogen and oxygen atoms in total. The number of aromatic nitrogens is 1. The van der Waals surface area contributed by atoms with Gasteiger partial charge in [-0.15, -0.1) is 11.3 Å². The van der Waals surface area contributed by atoms with E-state index in [-0.39, 0.29) is 6.03 Å². The van der Waals surface area contributed by atoms with Gasteiger partial charge in [0, 0.05) is 17.6 Å². The molecule has 0 saturated heterocycles. The predicted molar refractivity (Wildman–Crippen MR) is 95.1 cm³/mol. The smallest absolute Gasteiger partial charge is 0.315 e. The lowest BCUT2D eigenvalue weighted by atomic mass is 10.2. The number of hydrogen-bond acceptors (Lipinski definition) is 5. The van der Waals surface area contributed by atoms with Crippen LogP contribution in [-0.2, 0) is 13.1 Å². The topological polar surface area (TPSA) is 72.5 Å². The monoisotopic (exact) mass is 369 g/mol. The molecule has 0 spiro atoms. The number of carbonyl (C=O) groups is 1. The highest BCUT2D eigenvalue weighted by Crippen LogP contribution is 2.36. The maximum Gasteiger partial charge on any atom is 0.315 e. The summed E-state index contributed by atoms with van der Waals surface area (Å²) in [5, 5.41) is 8.81. The Morgan fingerprint density at radius 3 is 2.71 bits per heavy atom. The van der Waals surface area contributed by atoms with Gasteiger partial charge in [0.25, 0.3) is 0 Å². The van der Waals surface area contributed by atoms with Crippen LogP contribution in [0.4, 0.5) is 4.79 Å². The fraction of sp³-hybridized carbons (Fsp3) is 0.375. The molecule has 2 aromatic rings. The van der Waals surface area contributed by atoms with Crippen molar-refractivity contribution in [1.29, 1.82) is 0 Å². The minimum absolute atomic E-state index is 0.271. The van der Waals surface area contributed by atoms with Gasteiger partial charge in [-0.1, -0.05) is 11.6 Å². The van der Waals surface area contributed by atoms with Gasteiger partial charge in [-0.2, -0.15) is 0 Å². The molecule has 0 fully saturated rings. The molecule has 8 heteroatoms. The number of urea groups is 1. The van der Waals surface area contributed by atoms with Crippen molar-refractivity contribution >= 4 is 29.0 Å². The van der Waals surface area contributed by atoms with Gasteiger partial charge < -0.3 is 20.1 Å². The molecule has 0 radical (unpaired) electrons. The number of halogens is 1. The van der Waals surface area contributed by atoms with E-state index < -0.39 is 0 Å². The van der Waals surface area contributed by atoms with Gasteiger partial charge in [-0.05, 0) is 31.5 Å². The second kappa shape index (κ2) is 8.75. The third-order valence-corrected chi connectivity index (χ3v) is 4.35. The van der Waals surface area contributed by atoms with Crippen molar-refractivity contribution in [3.05, 3.63) is 38.8 Å². The fourth-order valence-corrected chi connectivity index (χ4v) is 3.04. The van der Waals surface area contributed by atoms with Crippen LogP contribution in [0.3, 0.4) is 0 Å². The summed E-state index contributed by atoms with van der Waals surface area (Å²) in [6.45, 7) is 5.01. The molecule has 0 atom stereocenters. The summed E-state index contributed by atoms with van der Waals surface area (Å²) in [7, 11) is 1.55. The van der Waals surface area contributed by atoms with Crippen LogP contribution in [0.5, 0.6) is 11.5 Å². The van der Waals surface area contributed by atoms with Crippen molar-refractivity contribution in [2.45, 2.75) is 26.9 Å². The summed E-state index contributed by atoms with van der Waals surface area (Å²) in [5.74, 6) is 1.05. The molecule has 1 aromatic heterocycles. The number of nitrogens with one attached hydrogen (secondary N) is 2. The van der Waals surface area contributed by atoms with Gasteiger partial charge in [0.1, 0.15) is 5.01 Å². The minimum atomic E-state index is -0.271. The first-order valence-electron chi connectivity index (χ1n) is 7.45. The average Bonchev–Trinajstić information content (AvgIpc) is 2.98. The summed E-state index contributed by atoms with van der Waals surface area (Å²) >= 11 is 7.73. The standard InChI is InChI=1S/C16H20ClN3O3S/c1-4-23-15-12(17)5-11(6-13(15)22-3)7-18-16(21)19-8-14-20-10(2)9-24-14/h5-6,9H,4,7-8H2,1-3H3,(H2,18,19,21). The summed E-state index contributed by atoms with van der Waals surface area (Å²) in [6.07, 6.45) is 0. The molecule has 2 rings (SSSR count). The van der Waals surface area contributed by atoms with Gasteiger partial charge in [-0.3, -0.25) is 0 Å². The van der Waals surface area contributed by atoms with E-state index in [1.54, 1.807) is 19.2 Å². The third kappa shape index (κ3) is 5.01. The van der Waals surface area contributed by atoms with Gasteiger partial charge in [-0.25, -0.2) is 9.78 Å². The van der Waals surface area contributed by atoms with Crippen LogP contribution in [-0.4, -0.2) is 24.7 Å². The SMILES string of the molecule is CCOc1c(Cl)cc(CNC(=O)NCc2nc(C)cs2)cc1OC. The molecule has 130 valence electrons. The number of nitrogens with zero attached hydrogens (tertiary/aromatic N) is 1. The maximum atomic E-state index is 11.9. The van der Waals surface area contributed by atoms with E-state index in [1.165, 1.54) is 11.3 Å². The van der Waals surface area contributed by atoms with Crippen LogP contribution in [0.15, 0.2) is 17.5 Å². The van der Waals surface area contributed by atoms with Crippen LogP contribution in [0, 0.1) is 6.92 Å². The minimum Gasteiger partial charge on any atom is -0.493 e. The lowest BCUT2D eigenvalue weighted by Crippen LogP contribution is -2.34. The molecule has 2 N–H and O–H groups in total.